The molecule has 2 rings (SSSR count). The quantitative estimate of drug-likeness (QED) is 0.861. The molecule has 1 fully saturated rings. The first kappa shape index (κ1) is 16.8. The molecule has 1 saturated heterocycles. The van der Waals surface area contributed by atoms with Crippen LogP contribution in [0.3, 0.4) is 0 Å². The number of rotatable bonds is 3. The molecule has 6 heteroatoms. The number of carbonyl (C=O) groups excluding carboxylic acids is 1. The van der Waals surface area contributed by atoms with Crippen molar-refractivity contribution in [3.63, 3.8) is 0 Å². The number of imidazole rings is 1. The van der Waals surface area contributed by atoms with Crippen molar-refractivity contribution in [1.29, 1.82) is 0 Å². The largest absolute Gasteiger partial charge is 0.444 e. The third kappa shape index (κ3) is 4.47. The molecular weight excluding hydrogens is 282 g/mol. The van der Waals surface area contributed by atoms with Crippen molar-refractivity contribution in [3.05, 3.63) is 18.2 Å². The zero-order chi connectivity index (χ0) is 16.4. The van der Waals surface area contributed by atoms with E-state index in [1.165, 1.54) is 0 Å². The topological polar surface area (TPSA) is 56.6 Å². The van der Waals surface area contributed by atoms with Crippen molar-refractivity contribution in [2.24, 2.45) is 7.05 Å². The Labute approximate surface area is 132 Å². The van der Waals surface area contributed by atoms with E-state index in [4.69, 9.17) is 9.47 Å². The minimum absolute atomic E-state index is 0.218. The van der Waals surface area contributed by atoms with E-state index < -0.39 is 5.60 Å². The van der Waals surface area contributed by atoms with E-state index in [2.05, 4.69) is 11.9 Å². The van der Waals surface area contributed by atoms with Gasteiger partial charge in [-0.15, -0.1) is 0 Å². The van der Waals surface area contributed by atoms with Gasteiger partial charge in [0.05, 0.1) is 5.60 Å². The second-order valence-corrected chi connectivity index (χ2v) is 7.16. The molecule has 0 atom stereocenters. The van der Waals surface area contributed by atoms with Crippen LogP contribution in [0.4, 0.5) is 4.79 Å². The summed E-state index contributed by atoms with van der Waals surface area (Å²) in [4.78, 5) is 18.1. The second-order valence-electron chi connectivity index (χ2n) is 7.16. The van der Waals surface area contributed by atoms with Crippen molar-refractivity contribution in [2.45, 2.75) is 58.3 Å². The molecule has 1 aliphatic heterocycles. The zero-order valence-corrected chi connectivity index (χ0v) is 14.3. The fourth-order valence-corrected chi connectivity index (χ4v) is 2.41. The predicted octanol–water partition coefficient (Wildman–Crippen LogP) is 2.73. The summed E-state index contributed by atoms with van der Waals surface area (Å²) in [6.45, 7) is 9.56. The first-order valence-electron chi connectivity index (χ1n) is 7.77. The molecule has 0 unspecified atom stereocenters. The normalized spacial score (nSPS) is 18.3. The minimum atomic E-state index is -0.452. The second kappa shape index (κ2) is 6.28. The lowest BCUT2D eigenvalue weighted by Gasteiger charge is -2.39. The molecule has 0 spiro atoms. The molecule has 1 aliphatic rings. The van der Waals surface area contributed by atoms with Crippen LogP contribution >= 0.6 is 0 Å². The van der Waals surface area contributed by atoms with Crippen LogP contribution in [0.25, 0.3) is 0 Å². The van der Waals surface area contributed by atoms with Gasteiger partial charge < -0.3 is 18.9 Å². The maximum absolute atomic E-state index is 12.1. The van der Waals surface area contributed by atoms with E-state index >= 15 is 0 Å². The van der Waals surface area contributed by atoms with E-state index in [-0.39, 0.29) is 11.7 Å². The summed E-state index contributed by atoms with van der Waals surface area (Å²) in [5.74, 6) is 0.913. The van der Waals surface area contributed by atoms with Gasteiger partial charge in [-0.25, -0.2) is 9.78 Å². The predicted molar refractivity (Wildman–Crippen MR) is 83.4 cm³/mol. The summed E-state index contributed by atoms with van der Waals surface area (Å²) in [7, 11) is 1.96. The van der Waals surface area contributed by atoms with Crippen molar-refractivity contribution < 1.29 is 14.3 Å². The van der Waals surface area contributed by atoms with Crippen LogP contribution in [0, 0.1) is 0 Å². The summed E-state index contributed by atoms with van der Waals surface area (Å²) in [5, 5.41) is 0. The van der Waals surface area contributed by atoms with Crippen molar-refractivity contribution in [2.75, 3.05) is 13.1 Å². The van der Waals surface area contributed by atoms with Crippen LogP contribution in [-0.2, 0) is 23.1 Å². The Kier molecular flexibility index (Phi) is 4.80. The molecule has 22 heavy (non-hydrogen) atoms. The highest BCUT2D eigenvalue weighted by Gasteiger charge is 2.34. The van der Waals surface area contributed by atoms with Crippen LogP contribution in [0.1, 0.15) is 46.4 Å². The van der Waals surface area contributed by atoms with Crippen LogP contribution in [0.5, 0.6) is 0 Å². The first-order valence-corrected chi connectivity index (χ1v) is 7.77. The van der Waals surface area contributed by atoms with E-state index in [0.717, 1.165) is 18.7 Å². The molecule has 1 amide bonds. The Balaban J connectivity index is 1.83. The Morgan fingerprint density at radius 2 is 2.00 bits per heavy atom. The summed E-state index contributed by atoms with van der Waals surface area (Å²) >= 11 is 0. The van der Waals surface area contributed by atoms with Gasteiger partial charge in [0.1, 0.15) is 18.0 Å². The van der Waals surface area contributed by atoms with Gasteiger partial charge in [0.25, 0.3) is 0 Å². The number of aromatic nitrogens is 2. The van der Waals surface area contributed by atoms with Crippen LogP contribution in [0.2, 0.25) is 0 Å². The third-order valence-electron chi connectivity index (χ3n) is 3.94. The number of nitrogens with zero attached hydrogens (tertiary/aromatic N) is 3. The lowest BCUT2D eigenvalue weighted by atomic mass is 9.93. The molecule has 1 aromatic heterocycles. The molecule has 2 heterocycles. The van der Waals surface area contributed by atoms with Gasteiger partial charge >= 0.3 is 6.09 Å². The number of carbonyl (C=O) groups is 1. The molecular formula is C16H27N3O3. The molecule has 0 radical (unpaired) electrons. The Hall–Kier alpha value is -1.56. The summed E-state index contributed by atoms with van der Waals surface area (Å²) in [6, 6.07) is 0. The monoisotopic (exact) mass is 309 g/mol. The number of hydrogen-bond donors (Lipinski definition) is 0. The first-order chi connectivity index (χ1) is 10.2. The van der Waals surface area contributed by atoms with Gasteiger partial charge in [-0.05, 0) is 40.5 Å². The van der Waals surface area contributed by atoms with E-state index in [1.807, 2.05) is 38.6 Å². The van der Waals surface area contributed by atoms with Gasteiger partial charge in [0.15, 0.2) is 0 Å². The lowest BCUT2D eigenvalue weighted by molar-refractivity contribution is -0.0836. The molecule has 0 aliphatic carbocycles. The zero-order valence-electron chi connectivity index (χ0n) is 14.3. The van der Waals surface area contributed by atoms with Crippen molar-refractivity contribution >= 4 is 6.09 Å². The molecule has 6 nitrogen and oxygen atoms in total. The standard InChI is InChI=1S/C16H27N3O3/c1-15(2,3)22-14(20)19-9-6-16(4,7-10-19)21-12-13-17-8-11-18(13)5/h8,11H,6-7,9-10,12H2,1-5H3. The number of likely N-dealkylation sites (tertiary alicyclic amines) is 1. The van der Waals surface area contributed by atoms with E-state index in [9.17, 15) is 4.79 Å². The molecule has 0 aromatic carbocycles. The third-order valence-corrected chi connectivity index (χ3v) is 3.94. The average Bonchev–Trinajstić information content (AvgIpc) is 2.81. The van der Waals surface area contributed by atoms with Gasteiger partial charge in [-0.1, -0.05) is 0 Å². The highest BCUT2D eigenvalue weighted by atomic mass is 16.6. The number of amides is 1. The van der Waals surface area contributed by atoms with E-state index in [1.54, 1.807) is 11.1 Å². The van der Waals surface area contributed by atoms with Gasteiger partial charge in [-0.3, -0.25) is 0 Å². The fourth-order valence-electron chi connectivity index (χ4n) is 2.41. The highest BCUT2D eigenvalue weighted by molar-refractivity contribution is 5.68. The van der Waals surface area contributed by atoms with Crippen molar-refractivity contribution in [1.82, 2.24) is 14.5 Å². The van der Waals surface area contributed by atoms with Gasteiger partial charge in [0, 0.05) is 32.5 Å². The number of aryl methyl sites for hydroxylation is 1. The maximum Gasteiger partial charge on any atom is 0.410 e. The summed E-state index contributed by atoms with van der Waals surface area (Å²) in [6.07, 6.45) is 5.05. The molecule has 0 bridgehead atoms. The number of piperidine rings is 1. The van der Waals surface area contributed by atoms with Crippen LogP contribution in [0.15, 0.2) is 12.4 Å². The summed E-state index contributed by atoms with van der Waals surface area (Å²) < 4.78 is 13.4. The van der Waals surface area contributed by atoms with E-state index in [0.29, 0.717) is 19.7 Å². The van der Waals surface area contributed by atoms with Gasteiger partial charge in [0.2, 0.25) is 0 Å². The maximum atomic E-state index is 12.1. The minimum Gasteiger partial charge on any atom is -0.444 e. The Morgan fingerprint density at radius 1 is 1.36 bits per heavy atom. The fraction of sp³-hybridized carbons (Fsp3) is 0.750. The van der Waals surface area contributed by atoms with Crippen LogP contribution in [-0.4, -0.2) is 44.8 Å². The highest BCUT2D eigenvalue weighted by Crippen LogP contribution is 2.27. The Morgan fingerprint density at radius 3 is 2.50 bits per heavy atom. The number of ether oxygens (including phenoxy) is 2. The smallest absolute Gasteiger partial charge is 0.410 e. The number of hydrogen-bond acceptors (Lipinski definition) is 4. The van der Waals surface area contributed by atoms with Crippen LogP contribution < -0.4 is 0 Å². The molecule has 0 saturated carbocycles. The summed E-state index contributed by atoms with van der Waals surface area (Å²) in [5.41, 5.74) is -0.670. The molecule has 1 aromatic rings. The van der Waals surface area contributed by atoms with Crippen molar-refractivity contribution in [3.8, 4) is 0 Å². The molecule has 124 valence electrons. The molecule has 0 N–H and O–H groups in total. The van der Waals surface area contributed by atoms with Gasteiger partial charge in [-0.2, -0.15) is 0 Å². The lowest BCUT2D eigenvalue weighted by Crippen LogP contribution is -2.47. The Bertz CT molecular complexity index is 511. The SMILES string of the molecule is Cn1ccnc1COC1(C)CCN(C(=O)OC(C)(C)C)CC1. The average molecular weight is 309 g/mol.